The van der Waals surface area contributed by atoms with Crippen LogP contribution in [0.3, 0.4) is 0 Å². The molecule has 9 nitrogen and oxygen atoms in total. The summed E-state index contributed by atoms with van der Waals surface area (Å²) in [7, 11) is 0. The quantitative estimate of drug-likeness (QED) is 0.0754. The topological polar surface area (TPSA) is 140 Å². The fourth-order valence-corrected chi connectivity index (χ4v) is 5.25. The lowest BCUT2D eigenvalue weighted by molar-refractivity contribution is -0.112. The number of phenolic OH excluding ortho intramolecular Hbond substituents is 1. The van der Waals surface area contributed by atoms with Gasteiger partial charge in [-0.1, -0.05) is 46.3 Å². The van der Waals surface area contributed by atoms with Crippen molar-refractivity contribution in [2.75, 3.05) is 16.4 Å². The van der Waals surface area contributed by atoms with Crippen LogP contribution in [0.2, 0.25) is 0 Å². The van der Waals surface area contributed by atoms with Crippen LogP contribution in [0, 0.1) is 0 Å². The van der Waals surface area contributed by atoms with E-state index in [1.807, 2.05) is 6.07 Å². The molecule has 0 unspecified atom stereocenters. The van der Waals surface area contributed by atoms with Crippen LogP contribution in [0.25, 0.3) is 0 Å². The Labute approximate surface area is 265 Å². The Kier molecular flexibility index (Phi) is 10.6. The second kappa shape index (κ2) is 14.5. The molecule has 4 aromatic carbocycles. The minimum atomic E-state index is -1.25. The molecule has 4 aromatic rings. The SMILES string of the molecule is CC(=O)c1ccc(NC(=O)O[C@H](c2cc(Br)cc(Br)c2O)[C@@H](/C=C/C(=O)Nc2ccccc2N)Oc2ccccc2)cc1. The van der Waals surface area contributed by atoms with E-state index in [9.17, 15) is 19.5 Å². The number of carbonyl (C=O) groups excluding carboxylic acids is 3. The van der Waals surface area contributed by atoms with Crippen molar-refractivity contribution in [3.63, 3.8) is 0 Å². The lowest BCUT2D eigenvalue weighted by Crippen LogP contribution is -2.30. The van der Waals surface area contributed by atoms with Crippen LogP contribution in [0.1, 0.15) is 28.9 Å². The number of halogens is 2. The number of carbonyl (C=O) groups is 3. The minimum absolute atomic E-state index is 0.114. The van der Waals surface area contributed by atoms with E-state index in [1.54, 1.807) is 84.9 Å². The molecule has 220 valence electrons. The molecule has 11 heteroatoms. The molecule has 0 fully saturated rings. The van der Waals surface area contributed by atoms with E-state index in [0.29, 0.717) is 37.3 Å². The van der Waals surface area contributed by atoms with Crippen molar-refractivity contribution in [1.29, 1.82) is 0 Å². The van der Waals surface area contributed by atoms with Crippen molar-refractivity contribution in [3.05, 3.63) is 123 Å². The Hall–Kier alpha value is -4.61. The number of nitrogens with one attached hydrogen (secondary N) is 2. The number of hydrogen-bond donors (Lipinski definition) is 4. The number of nitrogens with two attached hydrogens (primary N) is 1. The number of Topliss-reactive ketones (excluding diaryl/α,β-unsaturated/α-hetero) is 1. The molecular formula is C32H27Br2N3O6. The third-order valence-electron chi connectivity index (χ3n) is 6.11. The average Bonchev–Trinajstić information content (AvgIpc) is 2.98. The molecule has 0 aliphatic rings. The molecule has 5 N–H and O–H groups in total. The van der Waals surface area contributed by atoms with Gasteiger partial charge in [-0.05, 0) is 89.6 Å². The van der Waals surface area contributed by atoms with Gasteiger partial charge >= 0.3 is 6.09 Å². The van der Waals surface area contributed by atoms with Crippen LogP contribution in [-0.4, -0.2) is 29.0 Å². The first-order valence-corrected chi connectivity index (χ1v) is 14.5. The monoisotopic (exact) mass is 707 g/mol. The highest BCUT2D eigenvalue weighted by Gasteiger charge is 2.31. The fourth-order valence-electron chi connectivity index (χ4n) is 3.99. The number of nitrogen functional groups attached to an aromatic ring is 1. The van der Waals surface area contributed by atoms with Crippen molar-refractivity contribution in [2.24, 2.45) is 0 Å². The number of hydrogen-bond acceptors (Lipinski definition) is 7. The Morgan fingerprint density at radius 3 is 2.26 bits per heavy atom. The summed E-state index contributed by atoms with van der Waals surface area (Å²) in [5, 5.41) is 16.3. The summed E-state index contributed by atoms with van der Waals surface area (Å²) in [6.45, 7) is 1.44. The van der Waals surface area contributed by atoms with Gasteiger partial charge in [0.25, 0.3) is 0 Å². The van der Waals surface area contributed by atoms with Gasteiger partial charge in [-0.25, -0.2) is 4.79 Å². The maximum Gasteiger partial charge on any atom is 0.412 e. The molecular weight excluding hydrogens is 682 g/mol. The highest BCUT2D eigenvalue weighted by Crippen LogP contribution is 2.39. The summed E-state index contributed by atoms with van der Waals surface area (Å²) < 4.78 is 13.0. The van der Waals surface area contributed by atoms with Gasteiger partial charge in [0.2, 0.25) is 5.91 Å². The van der Waals surface area contributed by atoms with Crippen molar-refractivity contribution in [3.8, 4) is 11.5 Å². The standard InChI is InChI=1S/C32H27Br2N3O6/c1-19(38)20-11-13-22(14-12-20)36-32(41)43-31(24-17-21(33)18-25(34)30(24)40)28(42-23-7-3-2-4-8-23)15-16-29(39)37-27-10-6-5-9-26(27)35/h2-18,28,31,40H,35H2,1H3,(H,36,41)(H,37,39)/b16-15+/t28-,31-/m1/s1. The van der Waals surface area contributed by atoms with Crippen LogP contribution in [0.5, 0.6) is 11.5 Å². The van der Waals surface area contributed by atoms with Gasteiger partial charge in [-0.2, -0.15) is 0 Å². The van der Waals surface area contributed by atoms with Crippen molar-refractivity contribution in [2.45, 2.75) is 19.1 Å². The van der Waals surface area contributed by atoms with E-state index in [2.05, 4.69) is 42.5 Å². The van der Waals surface area contributed by atoms with E-state index in [0.717, 1.165) is 0 Å². The molecule has 0 saturated carbocycles. The third-order valence-corrected chi connectivity index (χ3v) is 7.17. The molecule has 0 radical (unpaired) electrons. The summed E-state index contributed by atoms with van der Waals surface area (Å²) >= 11 is 6.74. The van der Waals surface area contributed by atoms with E-state index in [1.165, 1.54) is 19.1 Å². The largest absolute Gasteiger partial charge is 0.506 e. The van der Waals surface area contributed by atoms with Gasteiger partial charge in [0, 0.05) is 27.4 Å². The third kappa shape index (κ3) is 8.69. The first kappa shape index (κ1) is 31.3. The smallest absolute Gasteiger partial charge is 0.412 e. The molecule has 2 atom stereocenters. The molecule has 0 aromatic heterocycles. The van der Waals surface area contributed by atoms with E-state index in [-0.39, 0.29) is 17.1 Å². The average molecular weight is 709 g/mol. The predicted octanol–water partition coefficient (Wildman–Crippen LogP) is 7.63. The molecule has 0 saturated heterocycles. The Balaban J connectivity index is 1.69. The maximum absolute atomic E-state index is 13.2. The number of aromatic hydroxyl groups is 1. The number of phenols is 1. The number of ether oxygens (including phenoxy) is 2. The van der Waals surface area contributed by atoms with Crippen LogP contribution in [-0.2, 0) is 9.53 Å². The zero-order valence-electron chi connectivity index (χ0n) is 22.8. The molecule has 43 heavy (non-hydrogen) atoms. The minimum Gasteiger partial charge on any atom is -0.506 e. The molecule has 0 aliphatic carbocycles. The van der Waals surface area contributed by atoms with Gasteiger partial charge in [0.05, 0.1) is 15.8 Å². The number of benzene rings is 4. The summed E-state index contributed by atoms with van der Waals surface area (Å²) in [6.07, 6.45) is -0.558. The molecule has 0 heterocycles. The second-order valence-electron chi connectivity index (χ2n) is 9.24. The van der Waals surface area contributed by atoms with E-state index in [4.69, 9.17) is 15.2 Å². The zero-order valence-corrected chi connectivity index (χ0v) is 26.0. The predicted molar refractivity (Wildman–Crippen MR) is 172 cm³/mol. The number of amides is 2. The van der Waals surface area contributed by atoms with Crippen LogP contribution < -0.4 is 21.1 Å². The fraction of sp³-hybridized carbons (Fsp3) is 0.0938. The lowest BCUT2D eigenvalue weighted by Gasteiger charge is -2.27. The molecule has 4 rings (SSSR count). The Bertz CT molecular complexity index is 1650. The van der Waals surface area contributed by atoms with Crippen LogP contribution in [0.4, 0.5) is 21.9 Å². The molecule has 0 aliphatic heterocycles. The molecule has 0 spiro atoms. The summed E-state index contributed by atoms with van der Waals surface area (Å²) in [5.74, 6) is -0.389. The van der Waals surface area contributed by atoms with E-state index >= 15 is 0 Å². The lowest BCUT2D eigenvalue weighted by atomic mass is 10.0. The number of anilines is 3. The van der Waals surface area contributed by atoms with Crippen molar-refractivity contribution in [1.82, 2.24) is 0 Å². The highest BCUT2D eigenvalue weighted by atomic mass is 79.9. The van der Waals surface area contributed by atoms with Gasteiger partial charge in [-0.3, -0.25) is 14.9 Å². The number of para-hydroxylation sites is 3. The number of rotatable bonds is 10. The van der Waals surface area contributed by atoms with Crippen LogP contribution >= 0.6 is 31.9 Å². The summed E-state index contributed by atoms with van der Waals surface area (Å²) in [5.41, 5.74) is 7.83. The zero-order chi connectivity index (χ0) is 30.9. The second-order valence-corrected chi connectivity index (χ2v) is 11.0. The normalized spacial score (nSPS) is 12.3. The van der Waals surface area contributed by atoms with Crippen LogP contribution in [0.15, 0.2) is 112 Å². The highest BCUT2D eigenvalue weighted by molar-refractivity contribution is 9.11. The van der Waals surface area contributed by atoms with Crippen molar-refractivity contribution < 1.29 is 29.0 Å². The van der Waals surface area contributed by atoms with Crippen molar-refractivity contribution >= 4 is 66.7 Å². The van der Waals surface area contributed by atoms with Gasteiger partial charge < -0.3 is 25.6 Å². The first-order chi connectivity index (χ1) is 20.6. The van der Waals surface area contributed by atoms with E-state index < -0.39 is 24.2 Å². The Morgan fingerprint density at radius 1 is 0.907 bits per heavy atom. The van der Waals surface area contributed by atoms with Gasteiger partial charge in [-0.15, -0.1) is 0 Å². The first-order valence-electron chi connectivity index (χ1n) is 12.9. The van der Waals surface area contributed by atoms with Gasteiger partial charge in [0.1, 0.15) is 11.5 Å². The maximum atomic E-state index is 13.2. The summed E-state index contributed by atoms with van der Waals surface area (Å²) in [4.78, 5) is 37.7. The number of ketones is 1. The van der Waals surface area contributed by atoms with Gasteiger partial charge in [0.15, 0.2) is 18.0 Å². The molecule has 0 bridgehead atoms. The molecule has 2 amide bonds. The summed E-state index contributed by atoms with van der Waals surface area (Å²) in [6, 6.07) is 25.1. The Morgan fingerprint density at radius 2 is 1.58 bits per heavy atom.